The molecule has 1 aliphatic heterocycles. The molecule has 0 bridgehead atoms. The predicted molar refractivity (Wildman–Crippen MR) is 139 cm³/mol. The number of phenolic OH excluding ortho intramolecular Hbond substituents is 2. The first-order valence-corrected chi connectivity index (χ1v) is 11.6. The molecule has 0 radical (unpaired) electrons. The van der Waals surface area contributed by atoms with E-state index in [-0.39, 0.29) is 17.1 Å². The zero-order valence-corrected chi connectivity index (χ0v) is 20.0. The van der Waals surface area contributed by atoms with Crippen molar-refractivity contribution >= 4 is 16.6 Å². The number of hydrogen-bond acceptors (Lipinski definition) is 5. The number of para-hydroxylation sites is 2. The Balaban J connectivity index is 1.85. The molecule has 3 aromatic carbocycles. The molecule has 3 heterocycles. The standard InChI is InChI=1S/C28H24N4O4/c1-15-8-10-16(11-9-15)24-22-25(30(2)28(36)31(3)27(22)35)26-23(17-12-13-20(33)21(34)14-17)29-18-6-4-5-7-19(18)32(24)26/h4-14,23,29,33-34H,1-3H3/t23-/m0/s1. The van der Waals surface area contributed by atoms with Crippen LogP contribution in [0, 0.1) is 6.92 Å². The van der Waals surface area contributed by atoms with Gasteiger partial charge >= 0.3 is 5.69 Å². The third-order valence-corrected chi connectivity index (χ3v) is 6.98. The van der Waals surface area contributed by atoms with Crippen LogP contribution >= 0.6 is 0 Å². The zero-order valence-electron chi connectivity index (χ0n) is 20.0. The zero-order chi connectivity index (χ0) is 25.3. The summed E-state index contributed by atoms with van der Waals surface area (Å²) in [6.45, 7) is 2.00. The van der Waals surface area contributed by atoms with Crippen LogP contribution in [0.2, 0.25) is 0 Å². The third-order valence-electron chi connectivity index (χ3n) is 6.98. The minimum atomic E-state index is -0.522. The lowest BCUT2D eigenvalue weighted by atomic mass is 9.99. The van der Waals surface area contributed by atoms with Crippen LogP contribution in [0.3, 0.4) is 0 Å². The molecule has 0 saturated carbocycles. The van der Waals surface area contributed by atoms with Gasteiger partial charge in [-0.05, 0) is 42.3 Å². The van der Waals surface area contributed by atoms with Gasteiger partial charge < -0.3 is 20.1 Å². The maximum Gasteiger partial charge on any atom is 0.331 e. The number of aryl methyl sites for hydroxylation is 2. The molecular weight excluding hydrogens is 456 g/mol. The van der Waals surface area contributed by atoms with Crippen LogP contribution in [0.1, 0.15) is 22.9 Å². The fourth-order valence-electron chi connectivity index (χ4n) is 5.17. The number of aromatic hydroxyl groups is 2. The van der Waals surface area contributed by atoms with Crippen LogP contribution in [0.4, 0.5) is 5.69 Å². The molecular formula is C28H24N4O4. The second kappa shape index (κ2) is 7.64. The number of aromatic nitrogens is 3. The highest BCUT2D eigenvalue weighted by Gasteiger charge is 2.34. The summed E-state index contributed by atoms with van der Waals surface area (Å²) >= 11 is 0. The van der Waals surface area contributed by atoms with Crippen molar-refractivity contribution in [3.8, 4) is 28.4 Å². The number of nitrogens with zero attached hydrogens (tertiary/aromatic N) is 3. The van der Waals surface area contributed by atoms with Gasteiger partial charge in [-0.15, -0.1) is 0 Å². The Bertz CT molecular complexity index is 1810. The second-order valence-corrected chi connectivity index (χ2v) is 9.21. The van der Waals surface area contributed by atoms with E-state index < -0.39 is 11.7 Å². The highest BCUT2D eigenvalue weighted by atomic mass is 16.3. The highest BCUT2D eigenvalue weighted by molar-refractivity contribution is 5.99. The van der Waals surface area contributed by atoms with Gasteiger partial charge in [-0.3, -0.25) is 13.9 Å². The number of fused-ring (bicyclic) bond motifs is 5. The number of benzene rings is 3. The Morgan fingerprint density at radius 2 is 1.58 bits per heavy atom. The molecule has 0 unspecified atom stereocenters. The molecule has 8 heteroatoms. The number of nitrogens with one attached hydrogen (secondary N) is 1. The molecule has 3 N–H and O–H groups in total. The normalized spacial score (nSPS) is 14.4. The third kappa shape index (κ3) is 2.94. The largest absolute Gasteiger partial charge is 0.504 e. The summed E-state index contributed by atoms with van der Waals surface area (Å²) < 4.78 is 4.67. The Labute approximate surface area is 205 Å². The Hall–Kier alpha value is -4.72. The van der Waals surface area contributed by atoms with Crippen LogP contribution in [0.25, 0.3) is 27.8 Å². The molecule has 1 aliphatic rings. The van der Waals surface area contributed by atoms with E-state index >= 15 is 0 Å². The number of phenols is 2. The molecule has 0 spiro atoms. The fourth-order valence-corrected chi connectivity index (χ4v) is 5.17. The number of anilines is 1. The fraction of sp³-hybridized carbons (Fsp3) is 0.143. The summed E-state index contributed by atoms with van der Waals surface area (Å²) in [6.07, 6.45) is 0. The molecule has 0 aliphatic carbocycles. The van der Waals surface area contributed by atoms with Gasteiger partial charge in [0.25, 0.3) is 5.56 Å². The van der Waals surface area contributed by atoms with E-state index in [1.807, 2.05) is 60.0 Å². The molecule has 2 aromatic heterocycles. The molecule has 6 rings (SSSR count). The topological polar surface area (TPSA) is 101 Å². The van der Waals surface area contributed by atoms with E-state index in [9.17, 15) is 19.8 Å². The summed E-state index contributed by atoms with van der Waals surface area (Å²) in [5, 5.41) is 24.2. The second-order valence-electron chi connectivity index (χ2n) is 9.21. The van der Waals surface area contributed by atoms with Crippen molar-refractivity contribution in [1.82, 2.24) is 13.7 Å². The Morgan fingerprint density at radius 1 is 0.861 bits per heavy atom. The van der Waals surface area contributed by atoms with Crippen molar-refractivity contribution in [2.75, 3.05) is 5.32 Å². The molecule has 8 nitrogen and oxygen atoms in total. The van der Waals surface area contributed by atoms with Gasteiger partial charge in [0.2, 0.25) is 0 Å². The van der Waals surface area contributed by atoms with Crippen molar-refractivity contribution in [3.63, 3.8) is 0 Å². The quantitative estimate of drug-likeness (QED) is 0.333. The number of rotatable bonds is 2. The number of hydrogen-bond donors (Lipinski definition) is 3. The van der Waals surface area contributed by atoms with E-state index in [0.717, 1.165) is 27.1 Å². The Morgan fingerprint density at radius 3 is 2.31 bits per heavy atom. The smallest absolute Gasteiger partial charge is 0.331 e. The lowest BCUT2D eigenvalue weighted by Crippen LogP contribution is -2.37. The van der Waals surface area contributed by atoms with Crippen LogP contribution < -0.4 is 16.6 Å². The van der Waals surface area contributed by atoms with Gasteiger partial charge in [-0.25, -0.2) is 4.79 Å². The first kappa shape index (κ1) is 21.8. The van der Waals surface area contributed by atoms with Crippen molar-refractivity contribution in [1.29, 1.82) is 0 Å². The van der Waals surface area contributed by atoms with E-state index in [0.29, 0.717) is 27.9 Å². The van der Waals surface area contributed by atoms with Crippen molar-refractivity contribution in [3.05, 3.63) is 104 Å². The monoisotopic (exact) mass is 480 g/mol. The first-order valence-electron chi connectivity index (χ1n) is 11.6. The van der Waals surface area contributed by atoms with Gasteiger partial charge in [0.05, 0.1) is 39.7 Å². The van der Waals surface area contributed by atoms with E-state index in [4.69, 9.17) is 0 Å². The first-order chi connectivity index (χ1) is 17.3. The lowest BCUT2D eigenvalue weighted by molar-refractivity contribution is 0.403. The van der Waals surface area contributed by atoms with Gasteiger partial charge in [-0.2, -0.15) is 0 Å². The molecule has 0 saturated heterocycles. The van der Waals surface area contributed by atoms with Crippen molar-refractivity contribution < 1.29 is 10.2 Å². The molecule has 180 valence electrons. The van der Waals surface area contributed by atoms with E-state index in [1.54, 1.807) is 13.1 Å². The minimum absolute atomic E-state index is 0.225. The van der Waals surface area contributed by atoms with Crippen LogP contribution in [0.15, 0.2) is 76.3 Å². The van der Waals surface area contributed by atoms with Crippen LogP contribution in [-0.4, -0.2) is 23.9 Å². The molecule has 5 aromatic rings. The van der Waals surface area contributed by atoms with Crippen molar-refractivity contribution in [2.24, 2.45) is 14.1 Å². The molecule has 0 fully saturated rings. The predicted octanol–water partition coefficient (Wildman–Crippen LogP) is 3.93. The summed E-state index contributed by atoms with van der Waals surface area (Å²) in [4.78, 5) is 26.8. The van der Waals surface area contributed by atoms with Gasteiger partial charge in [0.15, 0.2) is 11.5 Å². The molecule has 36 heavy (non-hydrogen) atoms. The summed E-state index contributed by atoms with van der Waals surface area (Å²) in [5.74, 6) is -0.476. The van der Waals surface area contributed by atoms with E-state index in [1.165, 1.54) is 23.7 Å². The lowest BCUT2D eigenvalue weighted by Gasteiger charge is -2.31. The Kier molecular flexibility index (Phi) is 4.63. The van der Waals surface area contributed by atoms with Crippen LogP contribution in [-0.2, 0) is 14.1 Å². The van der Waals surface area contributed by atoms with Gasteiger partial charge in [-0.1, -0.05) is 48.0 Å². The average molecular weight is 481 g/mol. The molecule has 0 amide bonds. The summed E-state index contributed by atoms with van der Waals surface area (Å²) in [6, 6.07) is 19.8. The van der Waals surface area contributed by atoms with Crippen molar-refractivity contribution in [2.45, 2.75) is 13.0 Å². The van der Waals surface area contributed by atoms with Crippen LogP contribution in [0.5, 0.6) is 11.5 Å². The van der Waals surface area contributed by atoms with E-state index in [2.05, 4.69) is 5.32 Å². The maximum atomic E-state index is 13.7. The average Bonchev–Trinajstić information content (AvgIpc) is 3.24. The maximum absolute atomic E-state index is 13.7. The summed E-state index contributed by atoms with van der Waals surface area (Å²) in [5.41, 5.74) is 5.37. The van der Waals surface area contributed by atoms with Gasteiger partial charge in [0, 0.05) is 14.1 Å². The van der Waals surface area contributed by atoms with Gasteiger partial charge in [0.1, 0.15) is 0 Å². The summed E-state index contributed by atoms with van der Waals surface area (Å²) in [7, 11) is 3.15. The SMILES string of the molecule is Cc1ccc(-c2c3c(=O)n(C)c(=O)n(C)c3c3n2-c2ccccc2N[C@H]3c2ccc(O)c(O)c2)cc1. The molecule has 1 atom stereocenters. The minimum Gasteiger partial charge on any atom is -0.504 e. The highest BCUT2D eigenvalue weighted by Crippen LogP contribution is 2.46.